The molecule has 3 heteroatoms. The summed E-state index contributed by atoms with van der Waals surface area (Å²) in [5.41, 5.74) is 2.49. The Morgan fingerprint density at radius 1 is 1.18 bits per heavy atom. The van der Waals surface area contributed by atoms with Gasteiger partial charge >= 0.3 is 0 Å². The highest BCUT2D eigenvalue weighted by atomic mass is 16.1. The molecule has 0 saturated heterocycles. The largest absolute Gasteiger partial charge is 0.351 e. The topological polar surface area (TPSA) is 41.1 Å². The van der Waals surface area contributed by atoms with E-state index in [2.05, 4.69) is 48.7 Å². The lowest BCUT2D eigenvalue weighted by Gasteiger charge is -2.07. The van der Waals surface area contributed by atoms with Gasteiger partial charge in [0, 0.05) is 6.54 Å². The maximum atomic E-state index is 11.3. The molecular formula is C14H22N2O. The van der Waals surface area contributed by atoms with Gasteiger partial charge in [-0.3, -0.25) is 4.79 Å². The van der Waals surface area contributed by atoms with E-state index < -0.39 is 0 Å². The molecule has 17 heavy (non-hydrogen) atoms. The molecule has 0 radical (unpaired) electrons. The Morgan fingerprint density at radius 2 is 1.76 bits per heavy atom. The zero-order chi connectivity index (χ0) is 12.7. The van der Waals surface area contributed by atoms with Crippen LogP contribution in [0.2, 0.25) is 0 Å². The fourth-order valence-corrected chi connectivity index (χ4v) is 1.69. The second-order valence-corrected chi connectivity index (χ2v) is 4.72. The molecule has 0 atom stereocenters. The van der Waals surface area contributed by atoms with Gasteiger partial charge in [-0.25, -0.2) is 0 Å². The van der Waals surface area contributed by atoms with Crippen LogP contribution in [0, 0.1) is 5.92 Å². The first-order chi connectivity index (χ1) is 8.11. The molecule has 1 aromatic carbocycles. The Bertz CT molecular complexity index is 344. The molecular weight excluding hydrogens is 212 g/mol. The molecule has 1 aromatic rings. The SMILES string of the molecule is CNCC(=O)NCc1ccc(CC(C)C)cc1. The van der Waals surface area contributed by atoms with E-state index in [1.165, 1.54) is 5.56 Å². The fraction of sp³-hybridized carbons (Fsp3) is 0.500. The minimum Gasteiger partial charge on any atom is -0.351 e. The second kappa shape index (κ2) is 7.07. The van der Waals surface area contributed by atoms with E-state index in [0.717, 1.165) is 12.0 Å². The van der Waals surface area contributed by atoms with Crippen molar-refractivity contribution in [3.63, 3.8) is 0 Å². The lowest BCUT2D eigenvalue weighted by Crippen LogP contribution is -2.31. The average molecular weight is 234 g/mol. The molecule has 0 aliphatic rings. The number of hydrogen-bond acceptors (Lipinski definition) is 2. The molecule has 2 N–H and O–H groups in total. The fourth-order valence-electron chi connectivity index (χ4n) is 1.69. The Labute approximate surface area is 104 Å². The third kappa shape index (κ3) is 5.50. The highest BCUT2D eigenvalue weighted by molar-refractivity contribution is 5.77. The molecule has 0 aliphatic heterocycles. The molecule has 0 aliphatic carbocycles. The van der Waals surface area contributed by atoms with Gasteiger partial charge in [0.25, 0.3) is 0 Å². The minimum absolute atomic E-state index is 0.0266. The predicted molar refractivity (Wildman–Crippen MR) is 70.8 cm³/mol. The molecule has 94 valence electrons. The lowest BCUT2D eigenvalue weighted by atomic mass is 10.0. The highest BCUT2D eigenvalue weighted by Gasteiger charge is 2.00. The van der Waals surface area contributed by atoms with E-state index in [-0.39, 0.29) is 5.91 Å². The predicted octanol–water partition coefficient (Wildman–Crippen LogP) is 1.72. The number of likely N-dealkylation sites (N-methyl/N-ethyl adjacent to an activating group) is 1. The smallest absolute Gasteiger partial charge is 0.234 e. The van der Waals surface area contributed by atoms with Gasteiger partial charge in [0.1, 0.15) is 0 Å². The van der Waals surface area contributed by atoms with Crippen LogP contribution in [-0.4, -0.2) is 19.5 Å². The highest BCUT2D eigenvalue weighted by Crippen LogP contribution is 2.09. The molecule has 1 amide bonds. The van der Waals surface area contributed by atoms with Crippen molar-refractivity contribution in [1.29, 1.82) is 0 Å². The van der Waals surface area contributed by atoms with Gasteiger partial charge in [-0.1, -0.05) is 38.1 Å². The lowest BCUT2D eigenvalue weighted by molar-refractivity contribution is -0.120. The van der Waals surface area contributed by atoms with Gasteiger partial charge < -0.3 is 10.6 Å². The van der Waals surface area contributed by atoms with E-state index in [9.17, 15) is 4.79 Å². The monoisotopic (exact) mass is 234 g/mol. The van der Waals surface area contributed by atoms with Crippen molar-refractivity contribution in [3.8, 4) is 0 Å². The van der Waals surface area contributed by atoms with Gasteiger partial charge in [-0.15, -0.1) is 0 Å². The summed E-state index contributed by atoms with van der Waals surface area (Å²) in [5.74, 6) is 0.704. The molecule has 0 saturated carbocycles. The first kappa shape index (κ1) is 13.7. The van der Waals surface area contributed by atoms with E-state index >= 15 is 0 Å². The van der Waals surface area contributed by atoms with Crippen molar-refractivity contribution >= 4 is 5.91 Å². The van der Waals surface area contributed by atoms with Crippen molar-refractivity contribution in [2.45, 2.75) is 26.8 Å². The Kier molecular flexibility index (Phi) is 5.70. The first-order valence-corrected chi connectivity index (χ1v) is 6.11. The molecule has 3 nitrogen and oxygen atoms in total. The quantitative estimate of drug-likeness (QED) is 0.787. The Hall–Kier alpha value is -1.35. The van der Waals surface area contributed by atoms with Gasteiger partial charge in [0.05, 0.1) is 6.54 Å². The van der Waals surface area contributed by atoms with Crippen LogP contribution in [0.5, 0.6) is 0 Å². The number of rotatable bonds is 6. The molecule has 1 rings (SSSR count). The second-order valence-electron chi connectivity index (χ2n) is 4.72. The summed E-state index contributed by atoms with van der Waals surface area (Å²) >= 11 is 0. The van der Waals surface area contributed by atoms with Crippen molar-refractivity contribution in [3.05, 3.63) is 35.4 Å². The van der Waals surface area contributed by atoms with Crippen LogP contribution in [-0.2, 0) is 17.8 Å². The zero-order valence-corrected chi connectivity index (χ0v) is 10.9. The number of carbonyl (C=O) groups is 1. The van der Waals surface area contributed by atoms with Gasteiger partial charge in [-0.2, -0.15) is 0 Å². The summed E-state index contributed by atoms with van der Waals surface area (Å²) in [6.45, 7) is 5.39. The number of nitrogens with one attached hydrogen (secondary N) is 2. The third-order valence-corrected chi connectivity index (χ3v) is 2.49. The maximum Gasteiger partial charge on any atom is 0.234 e. The number of carbonyl (C=O) groups excluding carboxylic acids is 1. The molecule has 0 unspecified atom stereocenters. The van der Waals surface area contributed by atoms with Crippen molar-refractivity contribution in [1.82, 2.24) is 10.6 Å². The van der Waals surface area contributed by atoms with Gasteiger partial charge in [-0.05, 0) is 30.5 Å². The summed E-state index contributed by atoms with van der Waals surface area (Å²) in [4.78, 5) is 11.3. The standard InChI is InChI=1S/C14H22N2O/c1-11(2)8-12-4-6-13(7-5-12)9-16-14(17)10-15-3/h4-7,11,15H,8-10H2,1-3H3,(H,16,17). The van der Waals surface area contributed by atoms with Crippen LogP contribution in [0.4, 0.5) is 0 Å². The van der Waals surface area contributed by atoms with Crippen LogP contribution in [0.25, 0.3) is 0 Å². The third-order valence-electron chi connectivity index (χ3n) is 2.49. The maximum absolute atomic E-state index is 11.3. The number of benzene rings is 1. The molecule has 0 aromatic heterocycles. The Balaban J connectivity index is 2.42. The normalized spacial score (nSPS) is 10.6. The van der Waals surface area contributed by atoms with Crippen molar-refractivity contribution in [2.75, 3.05) is 13.6 Å². The van der Waals surface area contributed by atoms with Crippen LogP contribution < -0.4 is 10.6 Å². The van der Waals surface area contributed by atoms with Crippen LogP contribution in [0.15, 0.2) is 24.3 Å². The van der Waals surface area contributed by atoms with E-state index in [1.807, 2.05) is 0 Å². The zero-order valence-electron chi connectivity index (χ0n) is 10.9. The van der Waals surface area contributed by atoms with Crippen molar-refractivity contribution in [2.24, 2.45) is 5.92 Å². The summed E-state index contributed by atoms with van der Waals surface area (Å²) < 4.78 is 0. The van der Waals surface area contributed by atoms with Crippen LogP contribution in [0.3, 0.4) is 0 Å². The summed E-state index contributed by atoms with van der Waals surface area (Å²) in [7, 11) is 1.76. The number of hydrogen-bond donors (Lipinski definition) is 2. The molecule has 0 spiro atoms. The first-order valence-electron chi connectivity index (χ1n) is 6.11. The summed E-state index contributed by atoms with van der Waals surface area (Å²) in [5, 5.41) is 5.68. The van der Waals surface area contributed by atoms with E-state index in [0.29, 0.717) is 19.0 Å². The van der Waals surface area contributed by atoms with E-state index in [1.54, 1.807) is 7.05 Å². The molecule has 0 fully saturated rings. The molecule has 0 heterocycles. The van der Waals surface area contributed by atoms with E-state index in [4.69, 9.17) is 0 Å². The Morgan fingerprint density at radius 3 is 2.29 bits per heavy atom. The summed E-state index contributed by atoms with van der Waals surface area (Å²) in [6, 6.07) is 8.44. The van der Waals surface area contributed by atoms with Crippen molar-refractivity contribution < 1.29 is 4.79 Å². The van der Waals surface area contributed by atoms with Gasteiger partial charge in [0.2, 0.25) is 5.91 Å². The van der Waals surface area contributed by atoms with Crippen LogP contribution >= 0.6 is 0 Å². The average Bonchev–Trinajstić information content (AvgIpc) is 2.28. The molecule has 0 bridgehead atoms. The van der Waals surface area contributed by atoms with Gasteiger partial charge in [0.15, 0.2) is 0 Å². The minimum atomic E-state index is 0.0266. The number of amides is 1. The van der Waals surface area contributed by atoms with Crippen LogP contribution in [0.1, 0.15) is 25.0 Å². The summed E-state index contributed by atoms with van der Waals surface area (Å²) in [6.07, 6.45) is 1.10.